The fourth-order valence-electron chi connectivity index (χ4n) is 5.58. The molecule has 1 N–H and O–H groups in total. The number of rotatable bonds is 6. The van der Waals surface area contributed by atoms with E-state index in [2.05, 4.69) is 82.9 Å². The number of aromatic amines is 1. The summed E-state index contributed by atoms with van der Waals surface area (Å²) in [7, 11) is 3.54. The van der Waals surface area contributed by atoms with Gasteiger partial charge in [-0.05, 0) is 70.0 Å². The van der Waals surface area contributed by atoms with Crippen LogP contribution in [0.5, 0.6) is 0 Å². The number of hydrogen-bond donors (Lipinski definition) is 1. The van der Waals surface area contributed by atoms with Gasteiger partial charge in [0.1, 0.15) is 48.5 Å². The van der Waals surface area contributed by atoms with Crippen molar-refractivity contribution in [2.75, 3.05) is 0 Å². The summed E-state index contributed by atoms with van der Waals surface area (Å²) in [6, 6.07) is 19.0. The molecular formula is C35H35Br3N12O2S. The minimum Gasteiger partial charge on any atom is -0.341 e. The van der Waals surface area contributed by atoms with Gasteiger partial charge in [-0.3, -0.25) is 18.7 Å². The Kier molecular flexibility index (Phi) is 12.2. The van der Waals surface area contributed by atoms with Gasteiger partial charge in [-0.1, -0.05) is 78.9 Å². The van der Waals surface area contributed by atoms with Crippen molar-refractivity contribution in [3.8, 4) is 11.4 Å². The van der Waals surface area contributed by atoms with Crippen LogP contribution in [-0.4, -0.2) is 58.6 Å². The van der Waals surface area contributed by atoms with E-state index >= 15 is 0 Å². The lowest BCUT2D eigenvalue weighted by molar-refractivity contribution is 0.760. The summed E-state index contributed by atoms with van der Waals surface area (Å²) in [4.78, 5) is 51.6. The van der Waals surface area contributed by atoms with Crippen LogP contribution in [0, 0.1) is 0 Å². The second-order valence-corrected chi connectivity index (χ2v) is 15.5. The molecule has 8 aromatic rings. The molecule has 0 aliphatic carbocycles. The van der Waals surface area contributed by atoms with Crippen LogP contribution in [0.25, 0.3) is 44.6 Å². The lowest BCUT2D eigenvalue weighted by atomic mass is 10.2. The van der Waals surface area contributed by atoms with Crippen LogP contribution >= 0.6 is 59.6 Å². The Morgan fingerprint density at radius 2 is 1.21 bits per heavy atom. The van der Waals surface area contributed by atoms with E-state index in [0.717, 1.165) is 21.9 Å². The molecule has 6 heterocycles. The molecule has 0 aliphatic heterocycles. The van der Waals surface area contributed by atoms with Crippen LogP contribution < -0.4 is 11.1 Å². The number of para-hydroxylation sites is 2. The van der Waals surface area contributed by atoms with Gasteiger partial charge < -0.3 is 4.98 Å². The van der Waals surface area contributed by atoms with Gasteiger partial charge in [0.2, 0.25) is 0 Å². The average Bonchev–Trinajstić information content (AvgIpc) is 3.80. The van der Waals surface area contributed by atoms with E-state index in [0.29, 0.717) is 48.6 Å². The third-order valence-electron chi connectivity index (χ3n) is 7.91. The fourth-order valence-corrected chi connectivity index (χ4v) is 8.04. The molecule has 0 radical (unpaired) electrons. The van der Waals surface area contributed by atoms with Gasteiger partial charge in [0, 0.05) is 14.1 Å². The number of H-pyrrole nitrogens is 1. The maximum absolute atomic E-state index is 13.5. The lowest BCUT2D eigenvalue weighted by Gasteiger charge is -2.17. The van der Waals surface area contributed by atoms with Crippen molar-refractivity contribution in [3.05, 3.63) is 115 Å². The van der Waals surface area contributed by atoms with Crippen molar-refractivity contribution < 1.29 is 0 Å². The summed E-state index contributed by atoms with van der Waals surface area (Å²) in [5.74, 6) is 1.25. The molecule has 18 heteroatoms. The third kappa shape index (κ3) is 7.36. The summed E-state index contributed by atoms with van der Waals surface area (Å²) >= 11 is 11.7. The van der Waals surface area contributed by atoms with Crippen LogP contribution in [0.3, 0.4) is 0 Å². The summed E-state index contributed by atoms with van der Waals surface area (Å²) in [5.41, 5.74) is 3.66. The number of benzene rings is 2. The Bertz CT molecular complexity index is 2670. The molecule has 2 atom stereocenters. The maximum atomic E-state index is 13.5. The number of thioether (sulfide) groups is 1. The fraction of sp³-hybridized carbons (Fsp3) is 0.229. The number of imidazole rings is 1. The van der Waals surface area contributed by atoms with Gasteiger partial charge in [0.25, 0.3) is 11.1 Å². The van der Waals surface area contributed by atoms with Gasteiger partial charge in [0.05, 0.1) is 27.8 Å². The second-order valence-electron chi connectivity index (χ2n) is 11.3. The molecule has 53 heavy (non-hydrogen) atoms. The molecule has 0 saturated heterocycles. The lowest BCUT2D eigenvalue weighted by Crippen LogP contribution is -2.24. The number of aryl methyl sites for hydroxylation is 2. The molecule has 6 aromatic heterocycles. The topological polar surface area (TPSA) is 160 Å². The van der Waals surface area contributed by atoms with Gasteiger partial charge in [0.15, 0.2) is 16.9 Å². The molecule has 2 unspecified atom stereocenters. The Morgan fingerprint density at radius 3 is 1.72 bits per heavy atom. The SMILES string of the molecule is C.C.CC(Br)c1nc2c(c(Br)nn2C)c(=O)n1-c1ccccc1.CC(Sc1ncnc2nc[nH]c12)c1nc2c(c(Br)nn2C)c(=O)n1-c1ccccc1. The number of alkyl halides is 1. The van der Waals surface area contributed by atoms with Crippen molar-refractivity contribution >= 4 is 92.8 Å². The first-order valence-corrected chi connectivity index (χ1v) is 18.8. The first-order chi connectivity index (χ1) is 24.5. The van der Waals surface area contributed by atoms with Gasteiger partial charge in [-0.2, -0.15) is 10.2 Å². The van der Waals surface area contributed by atoms with E-state index in [1.165, 1.54) is 18.1 Å². The highest BCUT2D eigenvalue weighted by Crippen LogP contribution is 2.36. The van der Waals surface area contributed by atoms with Crippen molar-refractivity contribution in [1.29, 1.82) is 0 Å². The molecule has 2 aromatic carbocycles. The highest BCUT2D eigenvalue weighted by molar-refractivity contribution is 9.11. The first-order valence-electron chi connectivity index (χ1n) is 15.4. The standard InChI is InChI=1S/C19H15BrN8OS.C14H12Br2N4O.2CH4/c1-10(30-18-13-15(22-8-21-13)23-9-24-18)16-25-17-12(14(20)26-27(17)2)19(29)28(16)11-6-4-3-5-7-11;1-8(15)12-17-13-10(11(16)18-19(13)2)14(21)20(12)9-6-4-3-5-7-9;;/h3-10H,1-2H3,(H,21,22,23,24);3-8H,1-2H3;2*1H4. The van der Waals surface area contributed by atoms with Gasteiger partial charge >= 0.3 is 0 Å². The molecule has 0 fully saturated rings. The van der Waals surface area contributed by atoms with E-state index in [4.69, 9.17) is 4.98 Å². The summed E-state index contributed by atoms with van der Waals surface area (Å²) < 4.78 is 7.45. The highest BCUT2D eigenvalue weighted by atomic mass is 79.9. The van der Waals surface area contributed by atoms with Crippen molar-refractivity contribution in [2.24, 2.45) is 14.1 Å². The molecule has 0 aliphatic rings. The highest BCUT2D eigenvalue weighted by Gasteiger charge is 2.24. The molecule has 0 amide bonds. The van der Waals surface area contributed by atoms with Gasteiger partial charge in [-0.25, -0.2) is 34.3 Å². The first kappa shape index (κ1) is 39.7. The molecule has 0 spiro atoms. The quantitative estimate of drug-likeness (QED) is 0.0984. The molecule has 8 rings (SSSR count). The largest absolute Gasteiger partial charge is 0.341 e. The molecule has 274 valence electrons. The predicted molar refractivity (Wildman–Crippen MR) is 220 cm³/mol. The van der Waals surface area contributed by atoms with E-state index in [1.807, 2.05) is 74.5 Å². The molecule has 0 bridgehead atoms. The molecular weight excluding hydrogens is 892 g/mol. The number of nitrogens with zero attached hydrogens (tertiary/aromatic N) is 11. The summed E-state index contributed by atoms with van der Waals surface area (Å²) in [6.07, 6.45) is 3.07. The number of nitrogens with one attached hydrogen (secondary N) is 1. The van der Waals surface area contributed by atoms with Crippen LogP contribution in [0.15, 0.2) is 97.1 Å². The summed E-state index contributed by atoms with van der Waals surface area (Å²) in [5, 5.41) is 10.0. The Balaban J connectivity index is 0.000000209. The maximum Gasteiger partial charge on any atom is 0.270 e. The smallest absolute Gasteiger partial charge is 0.270 e. The predicted octanol–water partition coefficient (Wildman–Crippen LogP) is 8.01. The van der Waals surface area contributed by atoms with Crippen LogP contribution in [0.1, 0.15) is 50.4 Å². The Morgan fingerprint density at radius 1 is 0.717 bits per heavy atom. The van der Waals surface area contributed by atoms with Crippen molar-refractivity contribution in [3.63, 3.8) is 0 Å². The summed E-state index contributed by atoms with van der Waals surface area (Å²) in [6.45, 7) is 3.94. The number of halogens is 3. The van der Waals surface area contributed by atoms with E-state index in [-0.39, 0.29) is 36.0 Å². The number of aromatic nitrogens is 12. The van der Waals surface area contributed by atoms with Gasteiger partial charge in [-0.15, -0.1) is 0 Å². The van der Waals surface area contributed by atoms with Crippen LogP contribution in [0.4, 0.5) is 0 Å². The zero-order valence-corrected chi connectivity index (χ0v) is 32.9. The normalized spacial score (nSPS) is 12.2. The second kappa shape index (κ2) is 16.2. The zero-order chi connectivity index (χ0) is 36.0. The minimum absolute atomic E-state index is 0. The van der Waals surface area contributed by atoms with Crippen molar-refractivity contribution in [1.82, 2.24) is 58.6 Å². The number of fused-ring (bicyclic) bond motifs is 3. The Labute approximate surface area is 333 Å². The van der Waals surface area contributed by atoms with Crippen molar-refractivity contribution in [2.45, 2.75) is 43.8 Å². The monoisotopic (exact) mass is 924 g/mol. The zero-order valence-electron chi connectivity index (χ0n) is 27.4. The number of hydrogen-bond acceptors (Lipinski definition) is 10. The Hall–Kier alpha value is -4.52. The van der Waals surface area contributed by atoms with Crippen LogP contribution in [-0.2, 0) is 14.1 Å². The average molecular weight is 928 g/mol. The molecule has 14 nitrogen and oxygen atoms in total. The van der Waals surface area contributed by atoms with E-state index in [1.54, 1.807) is 38.9 Å². The third-order valence-corrected chi connectivity index (χ3v) is 10.5. The van der Waals surface area contributed by atoms with Crippen LogP contribution in [0.2, 0.25) is 0 Å². The molecule has 0 saturated carbocycles. The minimum atomic E-state index is -0.197. The van der Waals surface area contributed by atoms with E-state index < -0.39 is 0 Å². The van der Waals surface area contributed by atoms with E-state index in [9.17, 15) is 9.59 Å².